The Bertz CT molecular complexity index is 575. The van der Waals surface area contributed by atoms with Gasteiger partial charge in [0.25, 0.3) is 0 Å². The number of nitrogens with zero attached hydrogens (tertiary/aromatic N) is 2. The summed E-state index contributed by atoms with van der Waals surface area (Å²) in [5.74, 6) is -0.299. The van der Waals surface area contributed by atoms with Gasteiger partial charge in [-0.15, -0.1) is 0 Å². The fourth-order valence-electron chi connectivity index (χ4n) is 2.29. The number of hydrogen-bond acceptors (Lipinski definition) is 2. The Morgan fingerprint density at radius 1 is 1.42 bits per heavy atom. The average Bonchev–Trinajstić information content (AvgIpc) is 3.05. The summed E-state index contributed by atoms with van der Waals surface area (Å²) in [4.78, 5) is 4.10. The predicted octanol–water partition coefficient (Wildman–Crippen LogP) is 3.40. The van der Waals surface area contributed by atoms with Crippen LogP contribution >= 0.6 is 15.9 Å². The third kappa shape index (κ3) is 2.87. The molecule has 1 fully saturated rings. The van der Waals surface area contributed by atoms with Crippen LogP contribution in [-0.2, 0) is 6.42 Å². The van der Waals surface area contributed by atoms with Crippen molar-refractivity contribution in [2.24, 2.45) is 0 Å². The van der Waals surface area contributed by atoms with Gasteiger partial charge in [-0.3, -0.25) is 0 Å². The van der Waals surface area contributed by atoms with Gasteiger partial charge in [0.2, 0.25) is 0 Å². The molecule has 1 aromatic heterocycles. The van der Waals surface area contributed by atoms with Crippen LogP contribution in [0.3, 0.4) is 0 Å². The molecule has 19 heavy (non-hydrogen) atoms. The van der Waals surface area contributed by atoms with Crippen molar-refractivity contribution in [2.75, 3.05) is 0 Å². The first-order chi connectivity index (χ1) is 9.13. The zero-order chi connectivity index (χ0) is 13.4. The van der Waals surface area contributed by atoms with Crippen molar-refractivity contribution in [1.82, 2.24) is 9.55 Å². The van der Waals surface area contributed by atoms with Gasteiger partial charge >= 0.3 is 0 Å². The molecule has 3 nitrogen and oxygen atoms in total. The molecule has 1 aromatic carbocycles. The summed E-state index contributed by atoms with van der Waals surface area (Å²) in [7, 11) is 0. The molecule has 1 saturated carbocycles. The van der Waals surface area contributed by atoms with Gasteiger partial charge in [-0.05, 0) is 36.6 Å². The normalized spacial score (nSPS) is 16.6. The Kier molecular flexibility index (Phi) is 3.41. The molecular formula is C14H14BrFN2O. The number of benzene rings is 1. The van der Waals surface area contributed by atoms with Gasteiger partial charge in [-0.1, -0.05) is 15.9 Å². The van der Waals surface area contributed by atoms with E-state index >= 15 is 0 Å². The number of hydrogen-bond donors (Lipinski definition) is 1. The smallest absolute Gasteiger partial charge is 0.124 e. The Balaban J connectivity index is 1.80. The Morgan fingerprint density at radius 2 is 2.21 bits per heavy atom. The second-order valence-corrected chi connectivity index (χ2v) is 5.87. The van der Waals surface area contributed by atoms with E-state index < -0.39 is 6.10 Å². The molecule has 0 spiro atoms. The molecule has 0 aliphatic heterocycles. The van der Waals surface area contributed by atoms with Crippen LogP contribution in [0.4, 0.5) is 4.39 Å². The first-order valence-corrected chi connectivity index (χ1v) is 7.07. The van der Waals surface area contributed by atoms with Gasteiger partial charge in [0.1, 0.15) is 5.82 Å². The van der Waals surface area contributed by atoms with Gasteiger partial charge < -0.3 is 9.67 Å². The summed E-state index contributed by atoms with van der Waals surface area (Å²) in [6.07, 6.45) is 5.46. The molecule has 100 valence electrons. The molecule has 1 aliphatic carbocycles. The van der Waals surface area contributed by atoms with Crippen LogP contribution in [0.2, 0.25) is 0 Å². The SMILES string of the molecule is OC(Cc1cc(F)cc(Br)c1)c1cncn1C1CC1. The van der Waals surface area contributed by atoms with Crippen LogP contribution in [0.5, 0.6) is 0 Å². The van der Waals surface area contributed by atoms with Crippen molar-refractivity contribution >= 4 is 15.9 Å². The predicted molar refractivity (Wildman–Crippen MR) is 73.3 cm³/mol. The summed E-state index contributed by atoms with van der Waals surface area (Å²) < 4.78 is 16.0. The van der Waals surface area contributed by atoms with E-state index in [1.807, 2.05) is 10.6 Å². The minimum Gasteiger partial charge on any atom is -0.386 e. The van der Waals surface area contributed by atoms with E-state index in [1.165, 1.54) is 12.1 Å². The van der Waals surface area contributed by atoms with Crippen molar-refractivity contribution in [3.05, 3.63) is 52.3 Å². The van der Waals surface area contributed by atoms with Crippen LogP contribution in [0.25, 0.3) is 0 Å². The largest absolute Gasteiger partial charge is 0.386 e. The third-order valence-corrected chi connectivity index (χ3v) is 3.79. The van der Waals surface area contributed by atoms with E-state index in [-0.39, 0.29) is 5.82 Å². The lowest BCUT2D eigenvalue weighted by atomic mass is 10.1. The standard InChI is InChI=1S/C14H14BrFN2O/c15-10-3-9(4-11(16)6-10)5-14(19)13-7-17-8-18(13)12-1-2-12/h3-4,6-8,12,14,19H,1-2,5H2. The Labute approximate surface area is 119 Å². The minimum atomic E-state index is -0.656. The monoisotopic (exact) mass is 324 g/mol. The highest BCUT2D eigenvalue weighted by Crippen LogP contribution is 2.37. The van der Waals surface area contributed by atoms with Crippen molar-refractivity contribution in [3.63, 3.8) is 0 Å². The van der Waals surface area contributed by atoms with E-state index in [4.69, 9.17) is 0 Å². The van der Waals surface area contributed by atoms with Crippen molar-refractivity contribution in [3.8, 4) is 0 Å². The fourth-order valence-corrected chi connectivity index (χ4v) is 2.80. The maximum Gasteiger partial charge on any atom is 0.124 e. The van der Waals surface area contributed by atoms with Gasteiger partial charge in [-0.25, -0.2) is 9.37 Å². The zero-order valence-corrected chi connectivity index (χ0v) is 11.8. The van der Waals surface area contributed by atoms with Gasteiger partial charge in [0.15, 0.2) is 0 Å². The van der Waals surface area contributed by atoms with E-state index in [9.17, 15) is 9.50 Å². The Morgan fingerprint density at radius 3 is 2.89 bits per heavy atom. The molecule has 0 bridgehead atoms. The molecule has 1 unspecified atom stereocenters. The van der Waals surface area contributed by atoms with Crippen LogP contribution in [0, 0.1) is 5.82 Å². The van der Waals surface area contributed by atoms with Crippen molar-refractivity contribution < 1.29 is 9.50 Å². The number of halogens is 2. The van der Waals surface area contributed by atoms with E-state index in [0.29, 0.717) is 16.9 Å². The molecule has 0 saturated heterocycles. The summed E-state index contributed by atoms with van der Waals surface area (Å²) in [6.45, 7) is 0. The van der Waals surface area contributed by atoms with Gasteiger partial charge in [0.05, 0.1) is 24.3 Å². The fraction of sp³-hybridized carbons (Fsp3) is 0.357. The minimum absolute atomic E-state index is 0.299. The molecule has 2 aromatic rings. The molecule has 0 radical (unpaired) electrons. The van der Waals surface area contributed by atoms with Crippen molar-refractivity contribution in [1.29, 1.82) is 0 Å². The number of imidazole rings is 1. The maximum absolute atomic E-state index is 13.3. The van der Waals surface area contributed by atoms with Crippen LogP contribution < -0.4 is 0 Å². The highest BCUT2D eigenvalue weighted by molar-refractivity contribution is 9.10. The molecule has 1 N–H and O–H groups in total. The molecular weight excluding hydrogens is 311 g/mol. The van der Waals surface area contributed by atoms with Crippen LogP contribution in [-0.4, -0.2) is 14.7 Å². The van der Waals surface area contributed by atoms with E-state index in [1.54, 1.807) is 12.5 Å². The highest BCUT2D eigenvalue weighted by atomic mass is 79.9. The molecule has 1 atom stereocenters. The number of rotatable bonds is 4. The lowest BCUT2D eigenvalue weighted by Crippen LogP contribution is -2.08. The molecule has 1 aliphatic rings. The van der Waals surface area contributed by atoms with Crippen LogP contribution in [0.15, 0.2) is 35.2 Å². The molecule has 0 amide bonds. The van der Waals surface area contributed by atoms with Crippen molar-refractivity contribution in [2.45, 2.75) is 31.4 Å². The quantitative estimate of drug-likeness (QED) is 0.936. The summed E-state index contributed by atoms with van der Waals surface area (Å²) >= 11 is 3.26. The summed E-state index contributed by atoms with van der Waals surface area (Å²) in [5, 5.41) is 10.3. The summed E-state index contributed by atoms with van der Waals surface area (Å²) in [5.41, 5.74) is 1.57. The van der Waals surface area contributed by atoms with E-state index in [2.05, 4.69) is 20.9 Å². The number of aliphatic hydroxyl groups is 1. The molecule has 5 heteroatoms. The van der Waals surface area contributed by atoms with Crippen LogP contribution in [0.1, 0.15) is 36.2 Å². The number of aliphatic hydroxyl groups excluding tert-OH is 1. The highest BCUT2D eigenvalue weighted by Gasteiger charge is 2.27. The lowest BCUT2D eigenvalue weighted by molar-refractivity contribution is 0.168. The number of aromatic nitrogens is 2. The average molecular weight is 325 g/mol. The zero-order valence-electron chi connectivity index (χ0n) is 10.3. The first-order valence-electron chi connectivity index (χ1n) is 6.28. The second kappa shape index (κ2) is 5.06. The lowest BCUT2D eigenvalue weighted by Gasteiger charge is -2.13. The summed E-state index contributed by atoms with van der Waals surface area (Å²) in [6, 6.07) is 5.16. The maximum atomic E-state index is 13.3. The Hall–Kier alpha value is -1.20. The first kappa shape index (κ1) is 12.8. The molecule has 1 heterocycles. The topological polar surface area (TPSA) is 38.1 Å². The van der Waals surface area contributed by atoms with Gasteiger partial charge in [-0.2, -0.15) is 0 Å². The van der Waals surface area contributed by atoms with E-state index in [0.717, 1.165) is 24.1 Å². The second-order valence-electron chi connectivity index (χ2n) is 4.95. The van der Waals surface area contributed by atoms with Gasteiger partial charge in [0, 0.05) is 16.9 Å². The molecule has 3 rings (SSSR count). The third-order valence-electron chi connectivity index (χ3n) is 3.33.